The Hall–Kier alpha value is -3.61. The molecule has 0 atom stereocenters. The minimum Gasteiger partial charge on any atom is -0.337 e. The number of benzene rings is 2. The summed E-state index contributed by atoms with van der Waals surface area (Å²) >= 11 is 0. The number of aromatic amines is 2. The number of aromatic nitrogens is 4. The number of para-hydroxylation sites is 3. The summed E-state index contributed by atoms with van der Waals surface area (Å²) in [4.78, 5) is 19.7. The summed E-state index contributed by atoms with van der Waals surface area (Å²) in [5.41, 5.74) is 3.22. The molecule has 4 N–H and O–H groups in total. The Bertz CT molecular complexity index is 955. The molecule has 0 radical (unpaired) electrons. The van der Waals surface area contributed by atoms with Crippen LogP contribution in [-0.2, 0) is 0 Å². The van der Waals surface area contributed by atoms with E-state index in [0.717, 1.165) is 11.0 Å². The monoisotopic (exact) mass is 318 g/mol. The molecule has 0 aliphatic heterocycles. The van der Waals surface area contributed by atoms with Crippen LogP contribution in [0.4, 0.5) is 16.3 Å². The highest BCUT2D eigenvalue weighted by atomic mass is 16.2. The summed E-state index contributed by atoms with van der Waals surface area (Å²) in [6, 6.07) is 18.3. The quantitative estimate of drug-likeness (QED) is 0.464. The van der Waals surface area contributed by atoms with Crippen molar-refractivity contribution >= 4 is 28.6 Å². The molecule has 7 heteroatoms. The molecule has 2 heterocycles. The molecule has 118 valence electrons. The number of nitrogens with one attached hydrogen (secondary N) is 4. The van der Waals surface area contributed by atoms with E-state index < -0.39 is 0 Å². The third-order valence-corrected chi connectivity index (χ3v) is 3.50. The Morgan fingerprint density at radius 1 is 0.958 bits per heavy atom. The molecule has 0 saturated heterocycles. The Morgan fingerprint density at radius 2 is 1.75 bits per heavy atom. The standard InChI is InChI=1S/C17H14N6O/c24-17(18-11-6-2-1-3-7-11)21-15-10-14(22-23-15)16-19-12-8-4-5-9-13(12)20-16/h1-10H,(H,19,20)(H3,18,21,22,23,24). The molecule has 0 fully saturated rings. The summed E-state index contributed by atoms with van der Waals surface area (Å²) in [5, 5.41) is 12.4. The SMILES string of the molecule is O=C(Nc1ccccc1)Nc1cc(-c2nc3ccccc3[nH]2)[nH]n1. The van der Waals surface area contributed by atoms with E-state index in [1.807, 2.05) is 54.6 Å². The van der Waals surface area contributed by atoms with Crippen molar-refractivity contribution in [2.75, 3.05) is 10.6 Å². The second-order valence-electron chi connectivity index (χ2n) is 5.21. The van der Waals surface area contributed by atoms with Crippen molar-refractivity contribution in [2.24, 2.45) is 0 Å². The fourth-order valence-electron chi connectivity index (χ4n) is 2.39. The summed E-state index contributed by atoms with van der Waals surface area (Å²) in [7, 11) is 0. The van der Waals surface area contributed by atoms with Crippen molar-refractivity contribution in [3.8, 4) is 11.5 Å². The first-order valence-electron chi connectivity index (χ1n) is 7.41. The van der Waals surface area contributed by atoms with Crippen LogP contribution in [-0.4, -0.2) is 26.2 Å². The highest BCUT2D eigenvalue weighted by molar-refractivity contribution is 5.99. The van der Waals surface area contributed by atoms with Gasteiger partial charge in [0.1, 0.15) is 5.69 Å². The Kier molecular flexibility index (Phi) is 3.43. The predicted octanol–water partition coefficient (Wildman–Crippen LogP) is 3.60. The van der Waals surface area contributed by atoms with Crippen LogP contribution in [0.2, 0.25) is 0 Å². The summed E-state index contributed by atoms with van der Waals surface area (Å²) in [6.45, 7) is 0. The molecule has 7 nitrogen and oxygen atoms in total. The van der Waals surface area contributed by atoms with Gasteiger partial charge in [-0.3, -0.25) is 10.4 Å². The number of anilines is 2. The van der Waals surface area contributed by atoms with E-state index in [1.165, 1.54) is 0 Å². The minimum absolute atomic E-state index is 0.358. The van der Waals surface area contributed by atoms with Gasteiger partial charge >= 0.3 is 6.03 Å². The first kappa shape index (κ1) is 14.0. The number of hydrogen-bond acceptors (Lipinski definition) is 3. The number of imidazole rings is 1. The Morgan fingerprint density at radius 3 is 2.58 bits per heavy atom. The molecule has 2 aromatic carbocycles. The zero-order valence-corrected chi connectivity index (χ0v) is 12.6. The van der Waals surface area contributed by atoms with Gasteiger partial charge in [0.2, 0.25) is 0 Å². The lowest BCUT2D eigenvalue weighted by atomic mass is 10.3. The molecule has 4 rings (SSSR count). The van der Waals surface area contributed by atoms with Crippen molar-refractivity contribution in [2.45, 2.75) is 0 Å². The maximum atomic E-state index is 12.0. The fraction of sp³-hybridized carbons (Fsp3) is 0. The normalized spacial score (nSPS) is 10.7. The number of H-pyrrole nitrogens is 2. The van der Waals surface area contributed by atoms with E-state index in [9.17, 15) is 4.79 Å². The lowest BCUT2D eigenvalue weighted by Crippen LogP contribution is -2.19. The van der Waals surface area contributed by atoms with Gasteiger partial charge in [-0.15, -0.1) is 0 Å². The van der Waals surface area contributed by atoms with Gasteiger partial charge < -0.3 is 10.3 Å². The third-order valence-electron chi connectivity index (χ3n) is 3.50. The van der Waals surface area contributed by atoms with Crippen molar-refractivity contribution in [3.63, 3.8) is 0 Å². The number of amides is 2. The van der Waals surface area contributed by atoms with Crippen LogP contribution in [0.25, 0.3) is 22.6 Å². The Balaban J connectivity index is 1.49. The predicted molar refractivity (Wildman–Crippen MR) is 92.8 cm³/mol. The topological polar surface area (TPSA) is 98.5 Å². The molecule has 24 heavy (non-hydrogen) atoms. The average molecular weight is 318 g/mol. The van der Waals surface area contributed by atoms with E-state index in [4.69, 9.17) is 0 Å². The number of carbonyl (C=O) groups excluding carboxylic acids is 1. The van der Waals surface area contributed by atoms with Crippen LogP contribution < -0.4 is 10.6 Å². The van der Waals surface area contributed by atoms with Crippen LogP contribution in [0.15, 0.2) is 60.7 Å². The molecular weight excluding hydrogens is 304 g/mol. The molecule has 4 aromatic rings. The number of rotatable bonds is 3. The maximum Gasteiger partial charge on any atom is 0.324 e. The van der Waals surface area contributed by atoms with Gasteiger partial charge in [0.25, 0.3) is 0 Å². The van der Waals surface area contributed by atoms with Gasteiger partial charge in [-0.2, -0.15) is 5.10 Å². The van der Waals surface area contributed by atoms with Crippen LogP contribution in [0.3, 0.4) is 0 Å². The second kappa shape index (κ2) is 5.88. The molecular formula is C17H14N6O. The van der Waals surface area contributed by atoms with Crippen molar-refractivity contribution in [1.29, 1.82) is 0 Å². The molecule has 2 aromatic heterocycles. The lowest BCUT2D eigenvalue weighted by Gasteiger charge is -2.04. The lowest BCUT2D eigenvalue weighted by molar-refractivity contribution is 0.262. The zero-order chi connectivity index (χ0) is 16.4. The third kappa shape index (κ3) is 2.82. The average Bonchev–Trinajstić information content (AvgIpc) is 3.22. The summed E-state index contributed by atoms with van der Waals surface area (Å²) < 4.78 is 0. The van der Waals surface area contributed by atoms with Crippen molar-refractivity contribution in [3.05, 3.63) is 60.7 Å². The van der Waals surface area contributed by atoms with Gasteiger partial charge in [-0.25, -0.2) is 9.78 Å². The van der Waals surface area contributed by atoms with Gasteiger partial charge in [0.05, 0.1) is 11.0 Å². The van der Waals surface area contributed by atoms with E-state index in [2.05, 4.69) is 30.8 Å². The van der Waals surface area contributed by atoms with Crippen LogP contribution in [0.5, 0.6) is 0 Å². The zero-order valence-electron chi connectivity index (χ0n) is 12.6. The number of nitrogens with zero attached hydrogens (tertiary/aromatic N) is 2. The van der Waals surface area contributed by atoms with Crippen molar-refractivity contribution in [1.82, 2.24) is 20.2 Å². The highest BCUT2D eigenvalue weighted by Crippen LogP contribution is 2.20. The smallest absolute Gasteiger partial charge is 0.324 e. The molecule has 0 aliphatic rings. The molecule has 0 bridgehead atoms. The van der Waals surface area contributed by atoms with Gasteiger partial charge in [0, 0.05) is 11.8 Å². The van der Waals surface area contributed by atoms with Crippen LogP contribution in [0.1, 0.15) is 0 Å². The van der Waals surface area contributed by atoms with Crippen LogP contribution >= 0.6 is 0 Å². The maximum absolute atomic E-state index is 12.0. The number of carbonyl (C=O) groups is 1. The first-order chi connectivity index (χ1) is 11.8. The van der Waals surface area contributed by atoms with E-state index in [0.29, 0.717) is 23.0 Å². The highest BCUT2D eigenvalue weighted by Gasteiger charge is 2.10. The molecule has 0 unspecified atom stereocenters. The minimum atomic E-state index is -0.358. The molecule has 0 saturated carbocycles. The van der Waals surface area contributed by atoms with Crippen molar-refractivity contribution < 1.29 is 4.79 Å². The number of fused-ring (bicyclic) bond motifs is 1. The Labute approximate surface area is 137 Å². The van der Waals surface area contributed by atoms with Gasteiger partial charge in [0.15, 0.2) is 11.6 Å². The number of hydrogen-bond donors (Lipinski definition) is 4. The van der Waals surface area contributed by atoms with Gasteiger partial charge in [-0.05, 0) is 24.3 Å². The van der Waals surface area contributed by atoms with E-state index in [1.54, 1.807) is 6.07 Å². The van der Waals surface area contributed by atoms with E-state index >= 15 is 0 Å². The summed E-state index contributed by atoms with van der Waals surface area (Å²) in [6.07, 6.45) is 0. The molecule has 0 aliphatic carbocycles. The molecule has 2 amide bonds. The first-order valence-corrected chi connectivity index (χ1v) is 7.41. The van der Waals surface area contributed by atoms with Crippen LogP contribution in [0, 0.1) is 0 Å². The summed E-state index contributed by atoms with van der Waals surface area (Å²) in [5.74, 6) is 1.08. The largest absolute Gasteiger partial charge is 0.337 e. The second-order valence-corrected chi connectivity index (χ2v) is 5.21. The molecule has 0 spiro atoms. The van der Waals surface area contributed by atoms with E-state index in [-0.39, 0.29) is 6.03 Å². The van der Waals surface area contributed by atoms with Gasteiger partial charge in [-0.1, -0.05) is 30.3 Å². The fourth-order valence-corrected chi connectivity index (χ4v) is 2.39. The number of urea groups is 1.